The number of carbonyl (C=O) groups excluding carboxylic acids is 1. The van der Waals surface area contributed by atoms with Crippen molar-refractivity contribution in [2.75, 3.05) is 12.3 Å². The average molecular weight is 276 g/mol. The maximum atomic E-state index is 11.9. The molecule has 0 radical (unpaired) electrons. The van der Waals surface area contributed by atoms with Crippen molar-refractivity contribution in [2.24, 2.45) is 5.92 Å². The number of hydrogen-bond acceptors (Lipinski definition) is 3. The number of nitrogens with two attached hydrogens (primary N) is 1. The standard InChI is InChI=1S/C16H24N2O2/c1-2-12-6-5-7-13(10-12)18-16(19)11-20-15-9-4-3-8-14(15)17/h3-4,8-9,12-13H,2,5-7,10-11,17H2,1H3,(H,18,19). The molecule has 0 spiro atoms. The van der Waals surface area contributed by atoms with Gasteiger partial charge in [-0.05, 0) is 30.9 Å². The molecule has 20 heavy (non-hydrogen) atoms. The number of anilines is 1. The van der Waals surface area contributed by atoms with Gasteiger partial charge in [0, 0.05) is 6.04 Å². The number of nitrogen functional groups attached to an aromatic ring is 1. The van der Waals surface area contributed by atoms with Crippen LogP contribution in [0.1, 0.15) is 39.0 Å². The highest BCUT2D eigenvalue weighted by Crippen LogP contribution is 2.26. The number of nitrogens with one attached hydrogen (secondary N) is 1. The van der Waals surface area contributed by atoms with E-state index in [-0.39, 0.29) is 12.5 Å². The lowest BCUT2D eigenvalue weighted by atomic mass is 9.84. The van der Waals surface area contributed by atoms with E-state index in [1.807, 2.05) is 12.1 Å². The van der Waals surface area contributed by atoms with Crippen molar-refractivity contribution < 1.29 is 9.53 Å². The lowest BCUT2D eigenvalue weighted by molar-refractivity contribution is -0.124. The van der Waals surface area contributed by atoms with Crippen LogP contribution in [-0.2, 0) is 4.79 Å². The molecule has 1 saturated carbocycles. The summed E-state index contributed by atoms with van der Waals surface area (Å²) in [5, 5.41) is 3.07. The molecule has 0 heterocycles. The predicted molar refractivity (Wildman–Crippen MR) is 80.5 cm³/mol. The van der Waals surface area contributed by atoms with Crippen LogP contribution in [-0.4, -0.2) is 18.6 Å². The van der Waals surface area contributed by atoms with Gasteiger partial charge in [0.2, 0.25) is 0 Å². The van der Waals surface area contributed by atoms with Crippen LogP contribution in [0.2, 0.25) is 0 Å². The minimum absolute atomic E-state index is 0.0293. The fraction of sp³-hybridized carbons (Fsp3) is 0.562. The van der Waals surface area contributed by atoms with E-state index in [4.69, 9.17) is 10.5 Å². The van der Waals surface area contributed by atoms with Gasteiger partial charge < -0.3 is 15.8 Å². The van der Waals surface area contributed by atoms with Crippen LogP contribution >= 0.6 is 0 Å². The molecule has 1 aromatic rings. The summed E-state index contributed by atoms with van der Waals surface area (Å²) in [6.07, 6.45) is 5.87. The highest BCUT2D eigenvalue weighted by molar-refractivity contribution is 5.78. The zero-order valence-electron chi connectivity index (χ0n) is 12.1. The Hall–Kier alpha value is -1.71. The Kier molecular flexibility index (Phi) is 5.27. The summed E-state index contributed by atoms with van der Waals surface area (Å²) >= 11 is 0. The van der Waals surface area contributed by atoms with Gasteiger partial charge in [-0.1, -0.05) is 38.3 Å². The van der Waals surface area contributed by atoms with Gasteiger partial charge in [-0.25, -0.2) is 0 Å². The van der Waals surface area contributed by atoms with Gasteiger partial charge in [-0.3, -0.25) is 4.79 Å². The van der Waals surface area contributed by atoms with Crippen molar-refractivity contribution in [1.29, 1.82) is 0 Å². The highest BCUT2D eigenvalue weighted by Gasteiger charge is 2.22. The molecule has 1 fully saturated rings. The minimum atomic E-state index is -0.0602. The summed E-state index contributed by atoms with van der Waals surface area (Å²) < 4.78 is 5.46. The molecule has 3 N–H and O–H groups in total. The Bertz CT molecular complexity index is 448. The Morgan fingerprint density at radius 2 is 2.20 bits per heavy atom. The van der Waals surface area contributed by atoms with Crippen LogP contribution in [0.5, 0.6) is 5.75 Å². The first-order chi connectivity index (χ1) is 9.69. The van der Waals surface area contributed by atoms with E-state index < -0.39 is 0 Å². The second-order valence-electron chi connectivity index (χ2n) is 5.53. The van der Waals surface area contributed by atoms with E-state index in [0.29, 0.717) is 17.5 Å². The van der Waals surface area contributed by atoms with Gasteiger partial charge in [-0.15, -0.1) is 0 Å². The van der Waals surface area contributed by atoms with Gasteiger partial charge in [-0.2, -0.15) is 0 Å². The molecular weight excluding hydrogens is 252 g/mol. The monoisotopic (exact) mass is 276 g/mol. The summed E-state index contributed by atoms with van der Waals surface area (Å²) in [7, 11) is 0. The molecule has 1 aromatic carbocycles. The van der Waals surface area contributed by atoms with Gasteiger partial charge in [0.25, 0.3) is 5.91 Å². The normalized spacial score (nSPS) is 22.2. The van der Waals surface area contributed by atoms with Gasteiger partial charge in [0.05, 0.1) is 5.69 Å². The van der Waals surface area contributed by atoms with E-state index in [1.54, 1.807) is 12.1 Å². The van der Waals surface area contributed by atoms with E-state index in [9.17, 15) is 4.79 Å². The minimum Gasteiger partial charge on any atom is -0.482 e. The van der Waals surface area contributed by atoms with E-state index in [2.05, 4.69) is 12.2 Å². The zero-order valence-corrected chi connectivity index (χ0v) is 12.1. The van der Waals surface area contributed by atoms with Crippen molar-refractivity contribution in [3.8, 4) is 5.75 Å². The quantitative estimate of drug-likeness (QED) is 0.813. The number of ether oxygens (including phenoxy) is 1. The number of para-hydroxylation sites is 2. The molecule has 1 aliphatic carbocycles. The maximum Gasteiger partial charge on any atom is 0.258 e. The van der Waals surface area contributed by atoms with Crippen LogP contribution in [0.4, 0.5) is 5.69 Å². The molecule has 4 nitrogen and oxygen atoms in total. The SMILES string of the molecule is CCC1CCCC(NC(=O)COc2ccccc2N)C1. The van der Waals surface area contributed by atoms with E-state index >= 15 is 0 Å². The lowest BCUT2D eigenvalue weighted by Crippen LogP contribution is -2.40. The molecule has 4 heteroatoms. The van der Waals surface area contributed by atoms with E-state index in [0.717, 1.165) is 18.8 Å². The second-order valence-corrected chi connectivity index (χ2v) is 5.53. The summed E-state index contributed by atoms with van der Waals surface area (Å²) in [5.74, 6) is 1.26. The average Bonchev–Trinajstić information content (AvgIpc) is 2.46. The van der Waals surface area contributed by atoms with E-state index in [1.165, 1.54) is 19.3 Å². The molecule has 0 saturated heterocycles. The summed E-state index contributed by atoms with van der Waals surface area (Å²) in [6, 6.07) is 7.53. The molecule has 0 aliphatic heterocycles. The van der Waals surface area contributed by atoms with Crippen molar-refractivity contribution in [3.05, 3.63) is 24.3 Å². The molecule has 2 unspecified atom stereocenters. The number of hydrogen-bond donors (Lipinski definition) is 2. The van der Waals surface area contributed by atoms with Crippen molar-refractivity contribution in [3.63, 3.8) is 0 Å². The fourth-order valence-corrected chi connectivity index (χ4v) is 2.82. The lowest BCUT2D eigenvalue weighted by Gasteiger charge is -2.29. The topological polar surface area (TPSA) is 64.3 Å². The molecule has 1 aliphatic rings. The Morgan fingerprint density at radius 1 is 1.40 bits per heavy atom. The Morgan fingerprint density at radius 3 is 2.95 bits per heavy atom. The van der Waals surface area contributed by atoms with Crippen molar-refractivity contribution in [1.82, 2.24) is 5.32 Å². The van der Waals surface area contributed by atoms with Gasteiger partial charge >= 0.3 is 0 Å². The second kappa shape index (κ2) is 7.17. The first kappa shape index (κ1) is 14.7. The maximum absolute atomic E-state index is 11.9. The van der Waals surface area contributed by atoms with Crippen LogP contribution in [0.3, 0.4) is 0 Å². The third-order valence-electron chi connectivity index (χ3n) is 4.00. The molecule has 2 atom stereocenters. The highest BCUT2D eigenvalue weighted by atomic mass is 16.5. The molecule has 0 bridgehead atoms. The number of benzene rings is 1. The first-order valence-electron chi connectivity index (χ1n) is 7.45. The van der Waals surface area contributed by atoms with Crippen molar-refractivity contribution in [2.45, 2.75) is 45.1 Å². The largest absolute Gasteiger partial charge is 0.482 e. The predicted octanol–water partition coefficient (Wildman–Crippen LogP) is 2.73. The fourth-order valence-electron chi connectivity index (χ4n) is 2.82. The summed E-state index contributed by atoms with van der Waals surface area (Å²) in [6.45, 7) is 2.25. The number of amides is 1. The summed E-state index contributed by atoms with van der Waals surface area (Å²) in [5.41, 5.74) is 6.33. The Labute approximate surface area is 120 Å². The van der Waals surface area contributed by atoms with Crippen LogP contribution < -0.4 is 15.8 Å². The third kappa shape index (κ3) is 4.15. The third-order valence-corrected chi connectivity index (χ3v) is 4.00. The van der Waals surface area contributed by atoms with Crippen LogP contribution in [0.25, 0.3) is 0 Å². The van der Waals surface area contributed by atoms with Gasteiger partial charge in [0.15, 0.2) is 6.61 Å². The molecule has 0 aromatic heterocycles. The zero-order chi connectivity index (χ0) is 14.4. The Balaban J connectivity index is 1.77. The van der Waals surface area contributed by atoms with Crippen LogP contribution in [0, 0.1) is 5.92 Å². The van der Waals surface area contributed by atoms with Gasteiger partial charge in [0.1, 0.15) is 5.75 Å². The molecule has 2 rings (SSSR count). The molecule has 110 valence electrons. The number of carbonyl (C=O) groups is 1. The molecule has 1 amide bonds. The summed E-state index contributed by atoms with van der Waals surface area (Å²) in [4.78, 5) is 11.9. The first-order valence-corrected chi connectivity index (χ1v) is 7.45. The smallest absolute Gasteiger partial charge is 0.258 e. The van der Waals surface area contributed by atoms with Crippen molar-refractivity contribution >= 4 is 11.6 Å². The number of rotatable bonds is 5. The van der Waals surface area contributed by atoms with Crippen LogP contribution in [0.15, 0.2) is 24.3 Å². The molecular formula is C16H24N2O2.